The lowest BCUT2D eigenvalue weighted by Crippen LogP contribution is -2.05. The van der Waals surface area contributed by atoms with Crippen molar-refractivity contribution in [2.45, 2.75) is 117 Å². The van der Waals surface area contributed by atoms with E-state index in [2.05, 4.69) is 24.9 Å². The Labute approximate surface area is 209 Å². The zero-order chi connectivity index (χ0) is 24.4. The zero-order valence-electron chi connectivity index (χ0n) is 21.8. The van der Waals surface area contributed by atoms with E-state index in [1.165, 1.54) is 95.0 Å². The van der Waals surface area contributed by atoms with Crippen LogP contribution in [0.3, 0.4) is 0 Å². The van der Waals surface area contributed by atoms with Crippen LogP contribution in [-0.4, -0.2) is 37.5 Å². The standard InChI is InChI=1S/C28H52O4S/c1-26(2)28(29)31-22-18-14-10-6-8-12-16-20-24-33-23-19-15-11-7-5-9-13-17-21-30-25-32-27(3)4/h1,3,5-25H2,2,4H3. The topological polar surface area (TPSA) is 44.8 Å². The molecular formula is C28H52O4S. The third-order valence-electron chi connectivity index (χ3n) is 5.48. The molecule has 0 heterocycles. The maximum absolute atomic E-state index is 11.2. The van der Waals surface area contributed by atoms with Gasteiger partial charge >= 0.3 is 5.97 Å². The number of ether oxygens (including phenoxy) is 3. The van der Waals surface area contributed by atoms with Crippen molar-refractivity contribution < 1.29 is 19.0 Å². The number of hydrogen-bond donors (Lipinski definition) is 0. The summed E-state index contributed by atoms with van der Waals surface area (Å²) in [6.07, 6.45) is 20.7. The Morgan fingerprint density at radius 3 is 1.48 bits per heavy atom. The minimum atomic E-state index is -0.261. The van der Waals surface area contributed by atoms with Gasteiger partial charge in [-0.2, -0.15) is 11.8 Å². The Morgan fingerprint density at radius 2 is 1.03 bits per heavy atom. The highest BCUT2D eigenvalue weighted by molar-refractivity contribution is 7.99. The lowest BCUT2D eigenvalue weighted by Gasteiger charge is -2.06. The number of carbonyl (C=O) groups is 1. The van der Waals surface area contributed by atoms with Crippen LogP contribution in [0.1, 0.15) is 117 Å². The van der Waals surface area contributed by atoms with Crippen LogP contribution in [0.15, 0.2) is 24.5 Å². The van der Waals surface area contributed by atoms with Gasteiger partial charge in [0.25, 0.3) is 0 Å². The highest BCUT2D eigenvalue weighted by Crippen LogP contribution is 2.14. The van der Waals surface area contributed by atoms with Crippen molar-refractivity contribution in [3.8, 4) is 0 Å². The number of hydrogen-bond acceptors (Lipinski definition) is 5. The van der Waals surface area contributed by atoms with E-state index < -0.39 is 0 Å². The second-order valence-corrected chi connectivity index (χ2v) is 10.3. The molecule has 0 aromatic heterocycles. The third-order valence-corrected chi connectivity index (χ3v) is 6.64. The molecule has 0 aromatic carbocycles. The van der Waals surface area contributed by atoms with E-state index in [0.29, 0.717) is 24.7 Å². The van der Waals surface area contributed by atoms with Crippen LogP contribution in [0.25, 0.3) is 0 Å². The molecule has 5 heteroatoms. The second-order valence-electron chi connectivity index (χ2n) is 9.06. The van der Waals surface area contributed by atoms with Crippen molar-refractivity contribution in [3.63, 3.8) is 0 Å². The molecule has 4 nitrogen and oxygen atoms in total. The van der Waals surface area contributed by atoms with Crippen LogP contribution >= 0.6 is 11.8 Å². The molecular weight excluding hydrogens is 432 g/mol. The number of unbranched alkanes of at least 4 members (excludes halogenated alkanes) is 14. The molecule has 33 heavy (non-hydrogen) atoms. The van der Waals surface area contributed by atoms with Gasteiger partial charge in [0.05, 0.1) is 19.0 Å². The third kappa shape index (κ3) is 27.2. The first-order valence-electron chi connectivity index (χ1n) is 13.3. The van der Waals surface area contributed by atoms with Crippen LogP contribution in [-0.2, 0) is 19.0 Å². The quantitative estimate of drug-likeness (QED) is 0.0404. The summed E-state index contributed by atoms with van der Waals surface area (Å²) in [6, 6.07) is 0. The molecule has 0 rings (SSSR count). The van der Waals surface area contributed by atoms with Crippen molar-refractivity contribution >= 4 is 17.7 Å². The largest absolute Gasteiger partial charge is 0.473 e. The number of allylic oxidation sites excluding steroid dienone is 1. The number of thioether (sulfide) groups is 1. The first-order valence-corrected chi connectivity index (χ1v) is 14.5. The van der Waals surface area contributed by atoms with E-state index in [1.807, 2.05) is 6.92 Å². The average Bonchev–Trinajstić information content (AvgIpc) is 2.78. The molecule has 0 saturated carbocycles. The molecule has 0 aliphatic rings. The molecule has 0 radical (unpaired) electrons. The van der Waals surface area contributed by atoms with Crippen molar-refractivity contribution in [1.29, 1.82) is 0 Å². The van der Waals surface area contributed by atoms with Gasteiger partial charge in [-0.05, 0) is 51.0 Å². The monoisotopic (exact) mass is 484 g/mol. The summed E-state index contributed by atoms with van der Waals surface area (Å²) in [5.74, 6) is 3.11. The van der Waals surface area contributed by atoms with Crippen molar-refractivity contribution in [3.05, 3.63) is 24.5 Å². The number of esters is 1. The van der Waals surface area contributed by atoms with E-state index >= 15 is 0 Å². The summed E-state index contributed by atoms with van der Waals surface area (Å²) in [4.78, 5) is 11.2. The first-order chi connectivity index (χ1) is 16.0. The molecule has 0 aliphatic heterocycles. The summed E-state index contributed by atoms with van der Waals surface area (Å²) in [7, 11) is 0. The molecule has 0 saturated heterocycles. The van der Waals surface area contributed by atoms with Crippen LogP contribution in [0, 0.1) is 0 Å². The van der Waals surface area contributed by atoms with Gasteiger partial charge < -0.3 is 14.2 Å². The van der Waals surface area contributed by atoms with E-state index in [4.69, 9.17) is 14.2 Å². The molecule has 0 fully saturated rings. The summed E-state index contributed by atoms with van der Waals surface area (Å²) in [6.45, 7) is 12.5. The van der Waals surface area contributed by atoms with E-state index in [1.54, 1.807) is 6.92 Å². The fourth-order valence-corrected chi connectivity index (χ4v) is 4.45. The summed E-state index contributed by atoms with van der Waals surface area (Å²) in [5, 5.41) is 0. The molecule has 0 unspecified atom stereocenters. The van der Waals surface area contributed by atoms with Crippen LogP contribution in [0.5, 0.6) is 0 Å². The van der Waals surface area contributed by atoms with Gasteiger partial charge in [0.2, 0.25) is 0 Å². The Balaban J connectivity index is 3.07. The van der Waals surface area contributed by atoms with Crippen molar-refractivity contribution in [2.75, 3.05) is 31.5 Å². The summed E-state index contributed by atoms with van der Waals surface area (Å²) >= 11 is 2.14. The predicted molar refractivity (Wildman–Crippen MR) is 144 cm³/mol. The van der Waals surface area contributed by atoms with E-state index in [0.717, 1.165) is 25.9 Å². The minimum Gasteiger partial charge on any atom is -0.473 e. The second kappa shape index (κ2) is 25.7. The van der Waals surface area contributed by atoms with Gasteiger partial charge in [-0.3, -0.25) is 0 Å². The van der Waals surface area contributed by atoms with Crippen molar-refractivity contribution in [1.82, 2.24) is 0 Å². The van der Waals surface area contributed by atoms with Crippen LogP contribution in [0.2, 0.25) is 0 Å². The number of carbonyl (C=O) groups excluding carboxylic acids is 1. The highest BCUT2D eigenvalue weighted by atomic mass is 32.2. The zero-order valence-corrected chi connectivity index (χ0v) is 22.6. The van der Waals surface area contributed by atoms with Gasteiger partial charge in [0, 0.05) is 5.57 Å². The average molecular weight is 485 g/mol. The molecule has 0 amide bonds. The maximum atomic E-state index is 11.2. The Hall–Kier alpha value is -0.940. The van der Waals surface area contributed by atoms with Gasteiger partial charge in [0.15, 0.2) is 6.79 Å². The molecule has 0 N–H and O–H groups in total. The van der Waals surface area contributed by atoms with Crippen molar-refractivity contribution in [2.24, 2.45) is 0 Å². The lowest BCUT2D eigenvalue weighted by atomic mass is 10.1. The Bertz CT molecular complexity index is 479. The van der Waals surface area contributed by atoms with Gasteiger partial charge in [-0.1, -0.05) is 90.2 Å². The van der Waals surface area contributed by atoms with Crippen LogP contribution in [0.4, 0.5) is 0 Å². The summed E-state index contributed by atoms with van der Waals surface area (Å²) in [5.41, 5.74) is 0.485. The SMILES string of the molecule is C=C(C)OCOCCCCCCCCCCSCCCCCCCCCCOC(=O)C(=C)C. The summed E-state index contributed by atoms with van der Waals surface area (Å²) < 4.78 is 15.7. The molecule has 0 aliphatic carbocycles. The molecule has 0 atom stereocenters. The van der Waals surface area contributed by atoms with Gasteiger partial charge in [-0.25, -0.2) is 4.79 Å². The Morgan fingerprint density at radius 1 is 0.606 bits per heavy atom. The number of rotatable bonds is 26. The lowest BCUT2D eigenvalue weighted by molar-refractivity contribution is -0.139. The fraction of sp³-hybridized carbons (Fsp3) is 0.821. The van der Waals surface area contributed by atoms with Crippen LogP contribution < -0.4 is 0 Å². The van der Waals surface area contributed by atoms with E-state index in [-0.39, 0.29) is 5.97 Å². The first kappa shape index (κ1) is 32.1. The highest BCUT2D eigenvalue weighted by Gasteiger charge is 2.01. The van der Waals surface area contributed by atoms with Gasteiger partial charge in [0.1, 0.15) is 0 Å². The predicted octanol–water partition coefficient (Wildman–Crippen LogP) is 8.60. The van der Waals surface area contributed by atoms with E-state index in [9.17, 15) is 4.79 Å². The fourth-order valence-electron chi connectivity index (χ4n) is 3.43. The van der Waals surface area contributed by atoms with Gasteiger partial charge in [-0.15, -0.1) is 0 Å². The minimum absolute atomic E-state index is 0.261. The Kier molecular flexibility index (Phi) is 24.9. The molecule has 0 aromatic rings. The molecule has 194 valence electrons. The maximum Gasteiger partial charge on any atom is 0.333 e. The molecule has 0 bridgehead atoms. The normalized spacial score (nSPS) is 10.8. The smallest absolute Gasteiger partial charge is 0.333 e. The molecule has 0 spiro atoms.